The van der Waals surface area contributed by atoms with Crippen molar-refractivity contribution in [3.63, 3.8) is 0 Å². The van der Waals surface area contributed by atoms with E-state index in [2.05, 4.69) is 36.1 Å². The lowest BCUT2D eigenvalue weighted by Gasteiger charge is -2.25. The molecule has 0 radical (unpaired) electrons. The molecule has 98 valence electrons. The summed E-state index contributed by atoms with van der Waals surface area (Å²) in [5, 5.41) is 0. The molecule has 0 aliphatic carbocycles. The van der Waals surface area contributed by atoms with Gasteiger partial charge in [0.25, 0.3) is 0 Å². The Balaban J connectivity index is 1.77. The Morgan fingerprint density at radius 1 is 1.00 bits per heavy atom. The normalized spacial score (nSPS) is 17.1. The van der Waals surface area contributed by atoms with Crippen molar-refractivity contribution < 1.29 is 4.79 Å². The van der Waals surface area contributed by atoms with Gasteiger partial charge < -0.3 is 4.90 Å². The van der Waals surface area contributed by atoms with Crippen LogP contribution in [0.1, 0.15) is 37.3 Å². The number of Topliss-reactive ketones (excluding diaryl/α,β-unsaturated/α-hetero) is 1. The smallest absolute Gasteiger partial charge is 0.135 e. The second-order valence-corrected chi connectivity index (χ2v) is 5.20. The predicted octanol–water partition coefficient (Wildman–Crippen LogP) is 2.85. The zero-order valence-corrected chi connectivity index (χ0v) is 11.3. The van der Waals surface area contributed by atoms with Gasteiger partial charge >= 0.3 is 0 Å². The zero-order valence-electron chi connectivity index (χ0n) is 11.3. The van der Waals surface area contributed by atoms with Gasteiger partial charge in [-0.2, -0.15) is 0 Å². The Morgan fingerprint density at radius 2 is 1.56 bits per heavy atom. The first-order valence-corrected chi connectivity index (χ1v) is 7.10. The zero-order chi connectivity index (χ0) is 12.8. The number of nitrogens with zero attached hydrogens (tertiary/aromatic N) is 1. The number of benzene rings is 1. The first-order valence-electron chi connectivity index (χ1n) is 7.10. The lowest BCUT2D eigenvalue weighted by Crippen LogP contribution is -2.35. The second-order valence-electron chi connectivity index (χ2n) is 5.20. The van der Waals surface area contributed by atoms with Crippen LogP contribution in [0.4, 0.5) is 0 Å². The number of rotatable bonds is 5. The highest BCUT2D eigenvalue weighted by atomic mass is 16.1. The Kier molecular flexibility index (Phi) is 4.94. The topological polar surface area (TPSA) is 20.3 Å². The number of hydrogen-bond donors (Lipinski definition) is 0. The Labute approximate surface area is 110 Å². The van der Waals surface area contributed by atoms with Gasteiger partial charge in [0, 0.05) is 32.5 Å². The van der Waals surface area contributed by atoms with Gasteiger partial charge in [0.2, 0.25) is 0 Å². The predicted molar refractivity (Wildman–Crippen MR) is 74.8 cm³/mol. The molecule has 2 rings (SSSR count). The van der Waals surface area contributed by atoms with Crippen LogP contribution in [0, 0.1) is 0 Å². The SMILES string of the molecule is CCCc1ccc(CCN2CCC(=O)CC2)cc1. The van der Waals surface area contributed by atoms with Gasteiger partial charge in [0.1, 0.15) is 5.78 Å². The number of hydrogen-bond acceptors (Lipinski definition) is 2. The van der Waals surface area contributed by atoms with Gasteiger partial charge in [-0.1, -0.05) is 37.6 Å². The number of ketones is 1. The van der Waals surface area contributed by atoms with Crippen molar-refractivity contribution in [1.29, 1.82) is 0 Å². The number of carbonyl (C=O) groups is 1. The van der Waals surface area contributed by atoms with Crippen molar-refractivity contribution in [3.05, 3.63) is 35.4 Å². The molecule has 1 heterocycles. The van der Waals surface area contributed by atoms with Gasteiger partial charge in [0.05, 0.1) is 0 Å². The molecule has 2 heteroatoms. The summed E-state index contributed by atoms with van der Waals surface area (Å²) in [7, 11) is 0. The van der Waals surface area contributed by atoms with Gasteiger partial charge in [0.15, 0.2) is 0 Å². The number of carbonyl (C=O) groups excluding carboxylic acids is 1. The minimum Gasteiger partial charge on any atom is -0.302 e. The molecule has 1 saturated heterocycles. The van der Waals surface area contributed by atoms with E-state index in [1.54, 1.807) is 0 Å². The molecule has 1 aliphatic heterocycles. The number of piperidine rings is 1. The maximum Gasteiger partial charge on any atom is 0.135 e. The molecule has 0 bridgehead atoms. The highest BCUT2D eigenvalue weighted by Crippen LogP contribution is 2.10. The van der Waals surface area contributed by atoms with E-state index in [1.165, 1.54) is 24.0 Å². The minimum atomic E-state index is 0.426. The van der Waals surface area contributed by atoms with Crippen LogP contribution in [0.3, 0.4) is 0 Å². The van der Waals surface area contributed by atoms with Crippen LogP contribution in [0.5, 0.6) is 0 Å². The molecule has 0 atom stereocenters. The van der Waals surface area contributed by atoms with Crippen molar-refractivity contribution in [2.45, 2.75) is 39.0 Å². The lowest BCUT2D eigenvalue weighted by molar-refractivity contribution is -0.121. The van der Waals surface area contributed by atoms with E-state index < -0.39 is 0 Å². The summed E-state index contributed by atoms with van der Waals surface area (Å²) in [6.07, 6.45) is 4.97. The van der Waals surface area contributed by atoms with E-state index in [0.717, 1.165) is 38.9 Å². The molecule has 0 unspecified atom stereocenters. The molecule has 1 fully saturated rings. The maximum absolute atomic E-state index is 11.2. The van der Waals surface area contributed by atoms with Crippen molar-refractivity contribution in [2.75, 3.05) is 19.6 Å². The van der Waals surface area contributed by atoms with Crippen LogP contribution in [-0.4, -0.2) is 30.3 Å². The fraction of sp³-hybridized carbons (Fsp3) is 0.562. The van der Waals surface area contributed by atoms with Crippen molar-refractivity contribution in [2.24, 2.45) is 0 Å². The van der Waals surface area contributed by atoms with Crippen molar-refractivity contribution in [3.8, 4) is 0 Å². The van der Waals surface area contributed by atoms with E-state index in [0.29, 0.717) is 5.78 Å². The average molecular weight is 245 g/mol. The fourth-order valence-electron chi connectivity index (χ4n) is 2.47. The molecule has 0 saturated carbocycles. The van der Waals surface area contributed by atoms with Crippen molar-refractivity contribution in [1.82, 2.24) is 4.90 Å². The van der Waals surface area contributed by atoms with Crippen LogP contribution >= 0.6 is 0 Å². The summed E-state index contributed by atoms with van der Waals surface area (Å²) in [6, 6.07) is 9.00. The fourth-order valence-corrected chi connectivity index (χ4v) is 2.47. The average Bonchev–Trinajstić information content (AvgIpc) is 2.40. The number of aryl methyl sites for hydroxylation is 1. The van der Waals surface area contributed by atoms with Crippen LogP contribution in [0.15, 0.2) is 24.3 Å². The second kappa shape index (κ2) is 6.69. The van der Waals surface area contributed by atoms with Crippen LogP contribution < -0.4 is 0 Å². The molecule has 1 aromatic carbocycles. The summed E-state index contributed by atoms with van der Waals surface area (Å²) < 4.78 is 0. The lowest BCUT2D eigenvalue weighted by atomic mass is 10.0. The third-order valence-electron chi connectivity index (χ3n) is 3.69. The highest BCUT2D eigenvalue weighted by molar-refractivity contribution is 5.79. The van der Waals surface area contributed by atoms with E-state index in [9.17, 15) is 4.79 Å². The van der Waals surface area contributed by atoms with Gasteiger partial charge in [-0.25, -0.2) is 0 Å². The van der Waals surface area contributed by atoms with Gasteiger partial charge in [-0.05, 0) is 24.0 Å². The molecule has 2 nitrogen and oxygen atoms in total. The third-order valence-corrected chi connectivity index (χ3v) is 3.69. The van der Waals surface area contributed by atoms with Crippen LogP contribution in [0.25, 0.3) is 0 Å². The molecule has 18 heavy (non-hydrogen) atoms. The van der Waals surface area contributed by atoms with E-state index in [4.69, 9.17) is 0 Å². The highest BCUT2D eigenvalue weighted by Gasteiger charge is 2.15. The summed E-state index contributed by atoms with van der Waals surface area (Å²) >= 11 is 0. The first kappa shape index (κ1) is 13.3. The largest absolute Gasteiger partial charge is 0.302 e. The van der Waals surface area contributed by atoms with Gasteiger partial charge in [-0.3, -0.25) is 4.79 Å². The molecule has 1 aliphatic rings. The first-order chi connectivity index (χ1) is 8.78. The standard InChI is InChI=1S/C16H23NO/c1-2-3-14-4-6-15(7-5-14)8-11-17-12-9-16(18)10-13-17/h4-7H,2-3,8-13H2,1H3. The molecule has 0 spiro atoms. The molecule has 1 aromatic rings. The van der Waals surface area contributed by atoms with E-state index >= 15 is 0 Å². The summed E-state index contributed by atoms with van der Waals surface area (Å²) in [6.45, 7) is 5.20. The molecular formula is C16H23NO. The minimum absolute atomic E-state index is 0.426. The number of likely N-dealkylation sites (tertiary alicyclic amines) is 1. The quantitative estimate of drug-likeness (QED) is 0.795. The van der Waals surface area contributed by atoms with E-state index in [-0.39, 0.29) is 0 Å². The van der Waals surface area contributed by atoms with Crippen molar-refractivity contribution >= 4 is 5.78 Å². The molecule has 0 aromatic heterocycles. The van der Waals surface area contributed by atoms with E-state index in [1.807, 2.05) is 0 Å². The molecule has 0 N–H and O–H groups in total. The maximum atomic E-state index is 11.2. The Morgan fingerprint density at radius 3 is 2.11 bits per heavy atom. The Hall–Kier alpha value is -1.15. The third kappa shape index (κ3) is 3.95. The molecule has 0 amide bonds. The summed E-state index contributed by atoms with van der Waals surface area (Å²) in [4.78, 5) is 13.6. The summed E-state index contributed by atoms with van der Waals surface area (Å²) in [5.41, 5.74) is 2.84. The summed E-state index contributed by atoms with van der Waals surface area (Å²) in [5.74, 6) is 0.426. The Bertz CT molecular complexity index is 373. The van der Waals surface area contributed by atoms with Crippen LogP contribution in [-0.2, 0) is 17.6 Å². The molecular weight excluding hydrogens is 222 g/mol. The van der Waals surface area contributed by atoms with Crippen LogP contribution in [0.2, 0.25) is 0 Å². The monoisotopic (exact) mass is 245 g/mol. The van der Waals surface area contributed by atoms with Gasteiger partial charge in [-0.15, -0.1) is 0 Å².